The second kappa shape index (κ2) is 11.9. The number of methoxy groups -OCH3 is 1. The fourth-order valence-corrected chi connectivity index (χ4v) is 7.79. The summed E-state index contributed by atoms with van der Waals surface area (Å²) in [6.45, 7) is 0.120. The van der Waals surface area contributed by atoms with Gasteiger partial charge in [0.25, 0.3) is 10.1 Å². The van der Waals surface area contributed by atoms with Crippen LogP contribution in [0.25, 0.3) is 49.2 Å². The molecule has 6 rings (SSSR count). The molecule has 0 fully saturated rings. The van der Waals surface area contributed by atoms with Gasteiger partial charge in [-0.2, -0.15) is 8.42 Å². The van der Waals surface area contributed by atoms with E-state index in [1.165, 1.54) is 19.2 Å². The van der Waals surface area contributed by atoms with Crippen LogP contribution in [0.5, 0.6) is 17.2 Å². The summed E-state index contributed by atoms with van der Waals surface area (Å²) in [4.78, 5) is 27.2. The summed E-state index contributed by atoms with van der Waals surface area (Å²) in [5, 5.41) is 54.8. The van der Waals surface area contributed by atoms with Crippen LogP contribution >= 0.6 is 0 Å². The number of rotatable bonds is 12. The number of hydrogen-bond acceptors (Lipinski definition) is 12. The third-order valence-corrected chi connectivity index (χ3v) is 9.85. The number of ether oxygens (including phenoxy) is 2. The molecule has 1 aliphatic rings. The maximum absolute atomic E-state index is 13.7. The number of phenolic OH excluding ortho intramolecular Hbond substituents is 2. The SMILES string of the molecule is COc1c(O)c2c(=O)cc(CO)c3c4c(CO)cc(=O)c5c(O)c(CCS(=O)(=O)OCCOCCO)c6c(c(c1C=C(C)C6)c23)c54. The number of aromatic hydroxyl groups is 2. The highest BCUT2D eigenvalue weighted by Crippen LogP contribution is 2.53. The lowest BCUT2D eigenvalue weighted by Crippen LogP contribution is -2.17. The number of aliphatic hydroxyl groups excluding tert-OH is 3. The summed E-state index contributed by atoms with van der Waals surface area (Å²) in [5.74, 6) is -1.36. The molecule has 5 aromatic rings. The molecule has 0 aromatic heterocycles. The van der Waals surface area contributed by atoms with E-state index >= 15 is 0 Å². The van der Waals surface area contributed by atoms with Gasteiger partial charge in [0, 0.05) is 21.7 Å². The topological polar surface area (TPSA) is 197 Å². The Morgan fingerprint density at radius 3 is 1.98 bits per heavy atom. The maximum Gasteiger partial charge on any atom is 0.267 e. The van der Waals surface area contributed by atoms with Crippen LogP contribution in [0.3, 0.4) is 0 Å². The van der Waals surface area contributed by atoms with E-state index in [4.69, 9.17) is 18.8 Å². The van der Waals surface area contributed by atoms with Crippen LogP contribution < -0.4 is 15.6 Å². The summed E-state index contributed by atoms with van der Waals surface area (Å²) >= 11 is 0. The van der Waals surface area contributed by atoms with E-state index < -0.39 is 51.4 Å². The Hall–Kier alpha value is -4.11. The van der Waals surface area contributed by atoms with Crippen LogP contribution in [0.2, 0.25) is 0 Å². The highest BCUT2D eigenvalue weighted by Gasteiger charge is 2.32. The van der Waals surface area contributed by atoms with Crippen molar-refractivity contribution in [1.29, 1.82) is 0 Å². The van der Waals surface area contributed by atoms with E-state index in [1.54, 1.807) is 6.08 Å². The highest BCUT2D eigenvalue weighted by molar-refractivity contribution is 7.86. The number of fused-ring (bicyclic) bond motifs is 1. The van der Waals surface area contributed by atoms with E-state index in [0.29, 0.717) is 32.7 Å². The first-order chi connectivity index (χ1) is 22.0. The van der Waals surface area contributed by atoms with Crippen molar-refractivity contribution in [3.63, 3.8) is 0 Å². The van der Waals surface area contributed by atoms with Crippen LogP contribution in [0.4, 0.5) is 0 Å². The van der Waals surface area contributed by atoms with E-state index in [-0.39, 0.29) is 83.3 Å². The van der Waals surface area contributed by atoms with Gasteiger partial charge in [-0.25, -0.2) is 0 Å². The number of benzene rings is 5. The van der Waals surface area contributed by atoms with E-state index in [9.17, 15) is 38.4 Å². The van der Waals surface area contributed by atoms with Crippen LogP contribution in [0.15, 0.2) is 27.3 Å². The minimum atomic E-state index is -4.13. The van der Waals surface area contributed by atoms with Crippen molar-refractivity contribution in [1.82, 2.24) is 0 Å². The quantitative estimate of drug-likeness (QED) is 0.0571. The summed E-state index contributed by atoms with van der Waals surface area (Å²) < 4.78 is 41.5. The standard InChI is InChI=1S/C33H32O12S/c1-15-9-19-18(3-8-46(41,42)45-7-6-44-5-4-34)31(39)27-21(37)11-16(13-35)23-24-17(14-36)12-22(38)28-30(24)26(25(19)29(23)27)20(10-15)33(43-2)32(28)40/h10-12,34-36,39-40H,3-9,13-14H2,1-2H3. The first kappa shape index (κ1) is 31.9. The van der Waals surface area contributed by atoms with Gasteiger partial charge in [-0.05, 0) is 70.3 Å². The predicted octanol–water partition coefficient (Wildman–Crippen LogP) is 2.16. The van der Waals surface area contributed by atoms with Gasteiger partial charge in [0.2, 0.25) is 0 Å². The smallest absolute Gasteiger partial charge is 0.267 e. The molecule has 0 aliphatic heterocycles. The molecule has 0 saturated carbocycles. The van der Waals surface area contributed by atoms with Gasteiger partial charge in [0.15, 0.2) is 22.4 Å². The molecule has 0 spiro atoms. The number of phenols is 2. The van der Waals surface area contributed by atoms with Crippen molar-refractivity contribution in [2.75, 3.05) is 39.3 Å². The molecule has 0 heterocycles. The summed E-state index contributed by atoms with van der Waals surface area (Å²) in [7, 11) is -2.78. The molecule has 0 unspecified atom stereocenters. The van der Waals surface area contributed by atoms with Gasteiger partial charge in [-0.15, -0.1) is 0 Å². The molecule has 1 aliphatic carbocycles. The minimum absolute atomic E-state index is 0.0146. The van der Waals surface area contributed by atoms with Crippen molar-refractivity contribution in [2.45, 2.75) is 33.0 Å². The number of aliphatic hydroxyl groups is 3. The van der Waals surface area contributed by atoms with E-state index in [1.807, 2.05) is 6.92 Å². The van der Waals surface area contributed by atoms with Crippen molar-refractivity contribution in [2.24, 2.45) is 0 Å². The number of allylic oxidation sites excluding steroid dienone is 1. The molecular formula is C33H32O12S. The van der Waals surface area contributed by atoms with Crippen molar-refractivity contribution >= 4 is 59.3 Å². The zero-order valence-corrected chi connectivity index (χ0v) is 25.9. The van der Waals surface area contributed by atoms with Crippen molar-refractivity contribution < 1.29 is 47.6 Å². The van der Waals surface area contributed by atoms with E-state index in [2.05, 4.69) is 0 Å². The summed E-state index contributed by atoms with van der Waals surface area (Å²) in [6, 6.07) is 2.37. The second-order valence-corrected chi connectivity index (χ2v) is 13.1. The van der Waals surface area contributed by atoms with Crippen molar-refractivity contribution in [3.8, 4) is 17.2 Å². The Labute approximate surface area is 262 Å². The summed E-state index contributed by atoms with van der Waals surface area (Å²) in [5.41, 5.74) is 1.03. The molecular weight excluding hydrogens is 620 g/mol. The molecule has 5 aromatic carbocycles. The van der Waals surface area contributed by atoms with Gasteiger partial charge in [0.05, 0.1) is 63.3 Å². The molecule has 242 valence electrons. The molecule has 12 nitrogen and oxygen atoms in total. The summed E-state index contributed by atoms with van der Waals surface area (Å²) in [6.07, 6.45) is 1.73. The van der Waals surface area contributed by atoms with Crippen LogP contribution in [-0.4, -0.2) is 73.2 Å². The Morgan fingerprint density at radius 1 is 0.783 bits per heavy atom. The Balaban J connectivity index is 1.77. The van der Waals surface area contributed by atoms with Gasteiger partial charge in [-0.1, -0.05) is 11.6 Å². The average Bonchev–Trinajstić information content (AvgIpc) is 3.16. The zero-order chi connectivity index (χ0) is 33.1. The molecule has 13 heteroatoms. The lowest BCUT2D eigenvalue weighted by molar-refractivity contribution is 0.0719. The molecule has 0 radical (unpaired) electrons. The highest BCUT2D eigenvalue weighted by atomic mass is 32.2. The van der Waals surface area contributed by atoms with Gasteiger partial charge in [-0.3, -0.25) is 13.8 Å². The Morgan fingerprint density at radius 2 is 1.39 bits per heavy atom. The van der Waals surface area contributed by atoms with Crippen LogP contribution in [-0.2, 0) is 45.1 Å². The molecule has 46 heavy (non-hydrogen) atoms. The fourth-order valence-electron chi connectivity index (χ4n) is 6.89. The van der Waals surface area contributed by atoms with Gasteiger partial charge >= 0.3 is 0 Å². The first-order valence-electron chi connectivity index (χ1n) is 14.6. The largest absolute Gasteiger partial charge is 0.507 e. The van der Waals surface area contributed by atoms with E-state index in [0.717, 1.165) is 5.57 Å². The zero-order valence-electron chi connectivity index (χ0n) is 25.1. The minimum Gasteiger partial charge on any atom is -0.507 e. The third kappa shape index (κ3) is 4.82. The fraction of sp³-hybridized carbons (Fsp3) is 0.333. The third-order valence-electron chi connectivity index (χ3n) is 8.62. The van der Waals surface area contributed by atoms with Crippen molar-refractivity contribution in [3.05, 3.63) is 66.0 Å². The van der Waals surface area contributed by atoms with Crippen LogP contribution in [0.1, 0.15) is 34.7 Å². The lowest BCUT2D eigenvalue weighted by Gasteiger charge is -2.24. The second-order valence-electron chi connectivity index (χ2n) is 11.3. The normalized spacial score (nSPS) is 13.5. The molecule has 0 amide bonds. The average molecular weight is 653 g/mol. The number of hydrogen-bond donors (Lipinski definition) is 5. The first-order valence-corrected chi connectivity index (χ1v) is 16.1. The lowest BCUT2D eigenvalue weighted by atomic mass is 9.80. The molecule has 0 bridgehead atoms. The van der Waals surface area contributed by atoms with Gasteiger partial charge in [0.1, 0.15) is 5.75 Å². The maximum atomic E-state index is 13.7. The molecule has 5 N–H and O–H groups in total. The van der Waals surface area contributed by atoms with Gasteiger partial charge < -0.3 is 35.0 Å². The molecule has 0 saturated heterocycles. The Kier molecular flexibility index (Phi) is 8.25. The molecule has 0 atom stereocenters. The predicted molar refractivity (Wildman–Crippen MR) is 172 cm³/mol. The Bertz CT molecular complexity index is 2290. The van der Waals surface area contributed by atoms with Crippen LogP contribution in [0, 0.1) is 0 Å². The monoisotopic (exact) mass is 652 g/mol.